The molecule has 34 heavy (non-hydrogen) atoms. The quantitative estimate of drug-likeness (QED) is 0.441. The van der Waals surface area contributed by atoms with Gasteiger partial charge in [0.25, 0.3) is 0 Å². The van der Waals surface area contributed by atoms with E-state index in [1.54, 1.807) is 36.7 Å². The zero-order chi connectivity index (χ0) is 24.9. The highest BCUT2D eigenvalue weighted by Crippen LogP contribution is 2.31. The van der Waals surface area contributed by atoms with Gasteiger partial charge < -0.3 is 14.8 Å². The van der Waals surface area contributed by atoms with Gasteiger partial charge in [-0.3, -0.25) is 9.48 Å². The summed E-state index contributed by atoms with van der Waals surface area (Å²) in [7, 11) is 0. The van der Waals surface area contributed by atoms with Crippen LogP contribution in [0.5, 0.6) is 11.5 Å². The third-order valence-corrected chi connectivity index (χ3v) is 5.21. The van der Waals surface area contributed by atoms with Gasteiger partial charge in [0.1, 0.15) is 0 Å². The summed E-state index contributed by atoms with van der Waals surface area (Å²) in [5.41, 5.74) is 2.31. The molecule has 1 N–H and O–H groups in total. The van der Waals surface area contributed by atoms with E-state index in [9.17, 15) is 18.0 Å². The van der Waals surface area contributed by atoms with Crippen molar-refractivity contribution in [2.75, 3.05) is 18.5 Å². The summed E-state index contributed by atoms with van der Waals surface area (Å²) in [5, 5.41) is 7.30. The molecule has 2 aromatic carbocycles. The molecule has 0 atom stereocenters. The van der Waals surface area contributed by atoms with Crippen LogP contribution in [0.3, 0.4) is 0 Å². The number of rotatable bonds is 9. The molecule has 6 nitrogen and oxygen atoms in total. The van der Waals surface area contributed by atoms with Crippen LogP contribution >= 0.6 is 0 Å². The van der Waals surface area contributed by atoms with Crippen LogP contribution in [0.25, 0.3) is 0 Å². The van der Waals surface area contributed by atoms with Crippen LogP contribution in [0.4, 0.5) is 18.9 Å². The predicted octanol–water partition coefficient (Wildman–Crippen LogP) is 5.55. The predicted molar refractivity (Wildman–Crippen MR) is 123 cm³/mol. The molecule has 0 aliphatic carbocycles. The Morgan fingerprint density at radius 3 is 2.38 bits per heavy atom. The van der Waals surface area contributed by atoms with Gasteiger partial charge >= 0.3 is 6.18 Å². The van der Waals surface area contributed by atoms with Gasteiger partial charge in [-0.25, -0.2) is 0 Å². The Bertz CT molecular complexity index is 1160. The molecule has 0 unspecified atom stereocenters. The first-order valence-corrected chi connectivity index (χ1v) is 11.0. The second-order valence-electron chi connectivity index (χ2n) is 7.77. The van der Waals surface area contributed by atoms with Crippen LogP contribution in [0, 0.1) is 13.8 Å². The largest absolute Gasteiger partial charge is 0.490 e. The normalized spacial score (nSPS) is 11.4. The number of carbonyl (C=O) groups excluding carboxylic acids is 1. The average molecular weight is 476 g/mol. The van der Waals surface area contributed by atoms with E-state index in [-0.39, 0.29) is 18.9 Å². The van der Waals surface area contributed by atoms with Gasteiger partial charge in [0.05, 0.1) is 48.8 Å². The van der Waals surface area contributed by atoms with Gasteiger partial charge in [-0.2, -0.15) is 18.3 Å². The van der Waals surface area contributed by atoms with Crippen molar-refractivity contribution in [2.24, 2.45) is 0 Å². The fourth-order valence-electron chi connectivity index (χ4n) is 3.63. The number of carbonyl (C=O) groups is 1. The molecule has 3 rings (SSSR count). The van der Waals surface area contributed by atoms with E-state index in [0.717, 1.165) is 17.7 Å². The zero-order valence-electron chi connectivity index (χ0n) is 19.6. The Morgan fingerprint density at radius 1 is 1.00 bits per heavy atom. The number of aryl methyl sites for hydroxylation is 1. The maximum absolute atomic E-state index is 13.0. The van der Waals surface area contributed by atoms with Crippen molar-refractivity contribution in [3.05, 3.63) is 70.5 Å². The SMILES string of the molecule is CCOc1ccc(CC(=O)Nc2c(C)nn(Cc3cccc(C(F)(F)F)c3)c2C)cc1OCC. The second-order valence-corrected chi connectivity index (χ2v) is 7.77. The summed E-state index contributed by atoms with van der Waals surface area (Å²) in [5.74, 6) is 0.961. The number of ether oxygens (including phenoxy) is 2. The van der Waals surface area contributed by atoms with Gasteiger partial charge in [-0.15, -0.1) is 0 Å². The number of alkyl halides is 3. The Balaban J connectivity index is 1.73. The number of hydrogen-bond donors (Lipinski definition) is 1. The summed E-state index contributed by atoms with van der Waals surface area (Å²) in [6, 6.07) is 10.5. The molecule has 1 amide bonds. The molecule has 182 valence electrons. The molecular formula is C25H28F3N3O3. The highest BCUT2D eigenvalue weighted by atomic mass is 19.4. The third-order valence-electron chi connectivity index (χ3n) is 5.21. The Labute approximate surface area is 196 Å². The topological polar surface area (TPSA) is 65.4 Å². The minimum absolute atomic E-state index is 0.115. The molecule has 9 heteroatoms. The van der Waals surface area contributed by atoms with E-state index in [0.29, 0.717) is 47.4 Å². The highest BCUT2D eigenvalue weighted by Gasteiger charge is 2.30. The number of aromatic nitrogens is 2. The van der Waals surface area contributed by atoms with E-state index < -0.39 is 11.7 Å². The molecule has 1 aromatic heterocycles. The van der Waals surface area contributed by atoms with Crippen LogP contribution in [-0.4, -0.2) is 28.9 Å². The van der Waals surface area contributed by atoms with Crippen molar-refractivity contribution in [1.29, 1.82) is 0 Å². The maximum atomic E-state index is 13.0. The van der Waals surface area contributed by atoms with Gasteiger partial charge in [-0.05, 0) is 63.1 Å². The number of halogens is 3. The molecule has 0 spiro atoms. The van der Waals surface area contributed by atoms with Crippen LogP contribution in [0.15, 0.2) is 42.5 Å². The van der Waals surface area contributed by atoms with Crippen molar-refractivity contribution in [1.82, 2.24) is 9.78 Å². The molecule has 0 aliphatic heterocycles. The molecule has 1 heterocycles. The third kappa shape index (κ3) is 6.09. The average Bonchev–Trinajstić information content (AvgIpc) is 3.03. The van der Waals surface area contributed by atoms with Crippen LogP contribution < -0.4 is 14.8 Å². The lowest BCUT2D eigenvalue weighted by Gasteiger charge is -2.13. The number of nitrogens with one attached hydrogen (secondary N) is 1. The molecule has 0 saturated carbocycles. The van der Waals surface area contributed by atoms with Crippen molar-refractivity contribution in [2.45, 2.75) is 46.8 Å². The summed E-state index contributed by atoms with van der Waals surface area (Å²) < 4.78 is 51.8. The van der Waals surface area contributed by atoms with Gasteiger partial charge in [0, 0.05) is 0 Å². The standard InChI is InChI=1S/C25H28F3N3O3/c1-5-33-21-11-10-18(13-22(21)34-6-2)14-23(32)29-24-16(3)30-31(17(24)4)15-19-8-7-9-20(12-19)25(26,27)28/h7-13H,5-6,14-15H2,1-4H3,(H,29,32). The van der Waals surface area contributed by atoms with Gasteiger partial charge in [-0.1, -0.05) is 18.2 Å². The van der Waals surface area contributed by atoms with Gasteiger partial charge in [0.2, 0.25) is 5.91 Å². The number of nitrogens with zero attached hydrogens (tertiary/aromatic N) is 2. The maximum Gasteiger partial charge on any atom is 0.416 e. The number of hydrogen-bond acceptors (Lipinski definition) is 4. The first kappa shape index (κ1) is 25.1. The van der Waals surface area contributed by atoms with E-state index >= 15 is 0 Å². The minimum atomic E-state index is -4.41. The summed E-state index contributed by atoms with van der Waals surface area (Å²) in [4.78, 5) is 12.7. The number of benzene rings is 2. The Morgan fingerprint density at radius 2 is 1.71 bits per heavy atom. The lowest BCUT2D eigenvalue weighted by Crippen LogP contribution is -2.16. The van der Waals surface area contributed by atoms with Gasteiger partial charge in [0.15, 0.2) is 11.5 Å². The van der Waals surface area contributed by atoms with Crippen LogP contribution in [-0.2, 0) is 23.9 Å². The zero-order valence-corrected chi connectivity index (χ0v) is 19.6. The van der Waals surface area contributed by atoms with Crippen molar-refractivity contribution < 1.29 is 27.4 Å². The van der Waals surface area contributed by atoms with Crippen LogP contribution in [0.2, 0.25) is 0 Å². The Hall–Kier alpha value is -3.49. The first-order chi connectivity index (χ1) is 16.1. The highest BCUT2D eigenvalue weighted by molar-refractivity contribution is 5.93. The number of anilines is 1. The summed E-state index contributed by atoms with van der Waals surface area (Å²) in [6.45, 7) is 8.40. The van der Waals surface area contributed by atoms with E-state index in [1.165, 1.54) is 6.07 Å². The monoisotopic (exact) mass is 475 g/mol. The second kappa shape index (κ2) is 10.6. The molecule has 0 fully saturated rings. The lowest BCUT2D eigenvalue weighted by molar-refractivity contribution is -0.137. The van der Waals surface area contributed by atoms with Crippen molar-refractivity contribution in [3.63, 3.8) is 0 Å². The lowest BCUT2D eigenvalue weighted by atomic mass is 10.1. The fraction of sp³-hybridized carbons (Fsp3) is 0.360. The number of amides is 1. The molecule has 0 saturated heterocycles. The summed E-state index contributed by atoms with van der Waals surface area (Å²) >= 11 is 0. The fourth-order valence-corrected chi connectivity index (χ4v) is 3.63. The minimum Gasteiger partial charge on any atom is -0.490 e. The molecule has 0 radical (unpaired) electrons. The molecule has 0 bridgehead atoms. The smallest absolute Gasteiger partial charge is 0.416 e. The van der Waals surface area contributed by atoms with Crippen LogP contribution in [0.1, 0.15) is 41.9 Å². The van der Waals surface area contributed by atoms with E-state index in [1.807, 2.05) is 19.9 Å². The first-order valence-electron chi connectivity index (χ1n) is 11.0. The Kier molecular flexibility index (Phi) is 7.86. The molecule has 0 aliphatic rings. The molecular weight excluding hydrogens is 447 g/mol. The van der Waals surface area contributed by atoms with E-state index in [4.69, 9.17) is 9.47 Å². The summed E-state index contributed by atoms with van der Waals surface area (Å²) in [6.07, 6.45) is -4.29. The van der Waals surface area contributed by atoms with E-state index in [2.05, 4.69) is 10.4 Å². The van der Waals surface area contributed by atoms with Crippen molar-refractivity contribution in [3.8, 4) is 11.5 Å². The molecule has 3 aromatic rings. The van der Waals surface area contributed by atoms with Crippen molar-refractivity contribution >= 4 is 11.6 Å².